The normalized spacial score (nSPS) is 20.0. The Kier molecular flexibility index (Phi) is 3.26. The van der Waals surface area contributed by atoms with Crippen LogP contribution in [0, 0.1) is 6.92 Å². The summed E-state index contributed by atoms with van der Waals surface area (Å²) in [5, 5.41) is 4.69. The highest BCUT2D eigenvalue weighted by molar-refractivity contribution is 7.94. The molecule has 0 spiro atoms. The maximum absolute atomic E-state index is 12.3. The van der Waals surface area contributed by atoms with E-state index in [1.54, 1.807) is 0 Å². The monoisotopic (exact) mass is 322 g/mol. The van der Waals surface area contributed by atoms with Gasteiger partial charge in [-0.3, -0.25) is 4.79 Å². The summed E-state index contributed by atoms with van der Waals surface area (Å²) in [4.78, 5) is 12.7. The number of nitrogens with one attached hydrogen (secondary N) is 1. The number of benzene rings is 1. The number of aryl methyl sites for hydroxylation is 1. The average Bonchev–Trinajstić information content (AvgIpc) is 2.92. The standard InChI is InChI=1S/C14H14N2O3S2/c1-8-3-2-4-10-11(15)13(20-12(8)10)14(17)16-9-5-6-21(18,19)7-9/h2-6,9H,7,15H2,1H3,(H,16,17). The summed E-state index contributed by atoms with van der Waals surface area (Å²) < 4.78 is 23.7. The first-order valence-corrected chi connectivity index (χ1v) is 8.90. The van der Waals surface area contributed by atoms with Crippen LogP contribution >= 0.6 is 11.3 Å². The fourth-order valence-electron chi connectivity index (χ4n) is 2.35. The van der Waals surface area contributed by atoms with Gasteiger partial charge in [-0.05, 0) is 18.6 Å². The summed E-state index contributed by atoms with van der Waals surface area (Å²) in [6.45, 7) is 1.96. The Labute approximate surface area is 126 Å². The first kappa shape index (κ1) is 14.1. The second-order valence-corrected chi connectivity index (χ2v) is 7.99. The van der Waals surface area contributed by atoms with Gasteiger partial charge in [-0.15, -0.1) is 11.3 Å². The molecule has 0 fully saturated rings. The number of rotatable bonds is 2. The Bertz CT molecular complexity index is 866. The minimum absolute atomic E-state index is 0.0947. The van der Waals surface area contributed by atoms with Crippen LogP contribution in [0.25, 0.3) is 10.1 Å². The molecule has 1 atom stereocenters. The van der Waals surface area contributed by atoms with Crippen LogP contribution in [0.3, 0.4) is 0 Å². The van der Waals surface area contributed by atoms with Crippen LogP contribution in [-0.4, -0.2) is 26.1 Å². The molecule has 1 unspecified atom stereocenters. The number of amides is 1. The molecule has 0 radical (unpaired) electrons. The van der Waals surface area contributed by atoms with Gasteiger partial charge in [0.05, 0.1) is 17.5 Å². The van der Waals surface area contributed by atoms with Crippen molar-refractivity contribution in [1.82, 2.24) is 5.32 Å². The van der Waals surface area contributed by atoms with Crippen molar-refractivity contribution in [1.29, 1.82) is 0 Å². The van der Waals surface area contributed by atoms with Gasteiger partial charge in [0.2, 0.25) is 0 Å². The predicted molar refractivity (Wildman–Crippen MR) is 85.2 cm³/mol. The fraction of sp³-hybridized carbons (Fsp3) is 0.214. The van der Waals surface area contributed by atoms with Gasteiger partial charge in [0.15, 0.2) is 9.84 Å². The first-order chi connectivity index (χ1) is 9.87. The summed E-state index contributed by atoms with van der Waals surface area (Å²) >= 11 is 1.33. The van der Waals surface area contributed by atoms with E-state index in [0.29, 0.717) is 10.6 Å². The molecule has 0 saturated carbocycles. The Morgan fingerprint density at radius 1 is 1.43 bits per heavy atom. The zero-order chi connectivity index (χ0) is 15.2. The molecule has 0 aliphatic carbocycles. The number of hydrogen-bond donors (Lipinski definition) is 2. The minimum atomic E-state index is -3.19. The van der Waals surface area contributed by atoms with Gasteiger partial charge in [0, 0.05) is 15.5 Å². The molecule has 21 heavy (non-hydrogen) atoms. The van der Waals surface area contributed by atoms with E-state index in [4.69, 9.17) is 5.73 Å². The van der Waals surface area contributed by atoms with Crippen molar-refractivity contribution >= 4 is 42.9 Å². The summed E-state index contributed by atoms with van der Waals surface area (Å²) in [5.41, 5.74) is 7.56. The smallest absolute Gasteiger partial charge is 0.264 e. The molecule has 1 aromatic heterocycles. The van der Waals surface area contributed by atoms with E-state index in [0.717, 1.165) is 21.1 Å². The molecule has 7 heteroatoms. The number of sulfone groups is 1. The summed E-state index contributed by atoms with van der Waals surface area (Å²) in [6.07, 6.45) is 1.49. The van der Waals surface area contributed by atoms with Gasteiger partial charge in [-0.25, -0.2) is 8.42 Å². The molecular formula is C14H14N2O3S2. The van der Waals surface area contributed by atoms with Gasteiger partial charge in [0.1, 0.15) is 4.88 Å². The molecule has 3 N–H and O–H groups in total. The molecule has 0 bridgehead atoms. The van der Waals surface area contributed by atoms with Crippen LogP contribution in [0.15, 0.2) is 29.7 Å². The third-order valence-corrected chi connectivity index (χ3v) is 6.15. The number of carbonyl (C=O) groups excluding carboxylic acids is 1. The highest BCUT2D eigenvalue weighted by Gasteiger charge is 2.25. The van der Waals surface area contributed by atoms with Gasteiger partial charge in [0.25, 0.3) is 5.91 Å². The average molecular weight is 322 g/mol. The predicted octanol–water partition coefficient (Wildman–Crippen LogP) is 1.83. The highest BCUT2D eigenvalue weighted by atomic mass is 32.2. The van der Waals surface area contributed by atoms with E-state index in [-0.39, 0.29) is 11.7 Å². The molecule has 1 aliphatic rings. The molecule has 5 nitrogen and oxygen atoms in total. The zero-order valence-electron chi connectivity index (χ0n) is 11.3. The van der Waals surface area contributed by atoms with Crippen LogP contribution in [0.2, 0.25) is 0 Å². The number of thiophene rings is 1. The number of nitrogen functional groups attached to an aromatic ring is 1. The van der Waals surface area contributed by atoms with Crippen molar-refractivity contribution in [2.75, 3.05) is 11.5 Å². The lowest BCUT2D eigenvalue weighted by molar-refractivity contribution is 0.0952. The third-order valence-electron chi connectivity index (χ3n) is 3.40. The van der Waals surface area contributed by atoms with Crippen molar-refractivity contribution < 1.29 is 13.2 Å². The third kappa shape index (κ3) is 2.54. The largest absolute Gasteiger partial charge is 0.397 e. The first-order valence-electron chi connectivity index (χ1n) is 6.37. The van der Waals surface area contributed by atoms with E-state index >= 15 is 0 Å². The lowest BCUT2D eigenvalue weighted by Gasteiger charge is -2.09. The molecule has 1 amide bonds. The van der Waals surface area contributed by atoms with Crippen molar-refractivity contribution in [2.24, 2.45) is 0 Å². The Hall–Kier alpha value is -1.86. The van der Waals surface area contributed by atoms with Crippen LogP contribution in [0.1, 0.15) is 15.2 Å². The molecule has 1 aliphatic heterocycles. The second-order valence-electron chi connectivity index (χ2n) is 5.03. The number of anilines is 1. The van der Waals surface area contributed by atoms with Crippen LogP contribution in [0.4, 0.5) is 5.69 Å². The van der Waals surface area contributed by atoms with Crippen molar-refractivity contribution in [2.45, 2.75) is 13.0 Å². The van der Waals surface area contributed by atoms with Crippen molar-refractivity contribution in [3.05, 3.63) is 40.1 Å². The summed E-state index contributed by atoms with van der Waals surface area (Å²) in [5.74, 6) is -0.428. The van der Waals surface area contributed by atoms with Crippen LogP contribution < -0.4 is 11.1 Å². The Balaban J connectivity index is 1.91. The van der Waals surface area contributed by atoms with E-state index in [9.17, 15) is 13.2 Å². The van der Waals surface area contributed by atoms with Gasteiger partial charge >= 0.3 is 0 Å². The topological polar surface area (TPSA) is 89.3 Å². The SMILES string of the molecule is Cc1cccc2c(N)c(C(=O)NC3C=CS(=O)(=O)C3)sc12. The number of carbonyl (C=O) groups is 1. The van der Waals surface area contributed by atoms with E-state index in [1.165, 1.54) is 17.4 Å². The molecule has 2 heterocycles. The van der Waals surface area contributed by atoms with E-state index in [2.05, 4.69) is 5.32 Å². The van der Waals surface area contributed by atoms with Crippen LogP contribution in [0.5, 0.6) is 0 Å². The molecule has 3 rings (SSSR count). The number of fused-ring (bicyclic) bond motifs is 1. The Morgan fingerprint density at radius 2 is 2.19 bits per heavy atom. The summed E-state index contributed by atoms with van der Waals surface area (Å²) in [6, 6.07) is 5.25. The molecule has 0 saturated heterocycles. The quantitative estimate of drug-likeness (QED) is 0.883. The maximum atomic E-state index is 12.3. The van der Waals surface area contributed by atoms with Crippen molar-refractivity contribution in [3.63, 3.8) is 0 Å². The number of nitrogens with two attached hydrogens (primary N) is 1. The van der Waals surface area contributed by atoms with Gasteiger partial charge in [-0.2, -0.15) is 0 Å². The molecular weight excluding hydrogens is 308 g/mol. The highest BCUT2D eigenvalue weighted by Crippen LogP contribution is 2.35. The van der Waals surface area contributed by atoms with Gasteiger partial charge in [-0.1, -0.05) is 18.2 Å². The fourth-order valence-corrected chi connectivity index (χ4v) is 4.68. The lowest BCUT2D eigenvalue weighted by Crippen LogP contribution is -2.35. The van der Waals surface area contributed by atoms with Crippen molar-refractivity contribution in [3.8, 4) is 0 Å². The summed E-state index contributed by atoms with van der Waals surface area (Å²) in [7, 11) is -3.19. The molecule has 1 aromatic carbocycles. The van der Waals surface area contributed by atoms with E-state index in [1.807, 2.05) is 25.1 Å². The maximum Gasteiger partial charge on any atom is 0.264 e. The second kappa shape index (κ2) is 4.85. The molecule has 110 valence electrons. The lowest BCUT2D eigenvalue weighted by atomic mass is 10.1. The number of hydrogen-bond acceptors (Lipinski definition) is 5. The zero-order valence-corrected chi connectivity index (χ0v) is 12.9. The minimum Gasteiger partial charge on any atom is -0.397 e. The van der Waals surface area contributed by atoms with Crippen LogP contribution in [-0.2, 0) is 9.84 Å². The Morgan fingerprint density at radius 3 is 2.81 bits per heavy atom. The van der Waals surface area contributed by atoms with E-state index < -0.39 is 15.9 Å². The molecule has 2 aromatic rings. The van der Waals surface area contributed by atoms with Gasteiger partial charge < -0.3 is 11.1 Å².